The van der Waals surface area contributed by atoms with Gasteiger partial charge in [-0.1, -0.05) is 12.6 Å². The van der Waals surface area contributed by atoms with Crippen LogP contribution < -0.4 is 16.3 Å². The second-order valence-corrected chi connectivity index (χ2v) is 13.2. The summed E-state index contributed by atoms with van der Waals surface area (Å²) >= 11 is 1.97. The summed E-state index contributed by atoms with van der Waals surface area (Å²) in [5.41, 5.74) is 4.35. The van der Waals surface area contributed by atoms with E-state index in [1.54, 1.807) is 16.7 Å². The molecule has 228 valence electrons. The minimum atomic E-state index is -4.87. The molecule has 0 aliphatic carbocycles. The number of alkyl halides is 3. The van der Waals surface area contributed by atoms with Crippen molar-refractivity contribution in [3.8, 4) is 17.2 Å². The van der Waals surface area contributed by atoms with E-state index in [0.29, 0.717) is 0 Å². The maximum absolute atomic E-state index is 15.1. The highest BCUT2D eigenvalue weighted by Crippen LogP contribution is 2.52. The number of carbonyl (C=O) groups excluding carboxylic acids is 1. The molecule has 0 radical (unpaired) electrons. The third-order valence-corrected chi connectivity index (χ3v) is 10.6. The van der Waals surface area contributed by atoms with Gasteiger partial charge in [0.05, 0.1) is 21.3 Å². The lowest BCUT2D eigenvalue weighted by molar-refractivity contribution is -0.137. The van der Waals surface area contributed by atoms with Gasteiger partial charge in [-0.25, -0.2) is 9.18 Å². The van der Waals surface area contributed by atoms with Crippen LogP contribution >= 0.6 is 23.1 Å². The summed E-state index contributed by atoms with van der Waals surface area (Å²) in [4.78, 5) is 34.0. The Hall–Kier alpha value is -4.09. The first kappa shape index (κ1) is 30.0. The van der Waals surface area contributed by atoms with Gasteiger partial charge in [0, 0.05) is 58.2 Å². The summed E-state index contributed by atoms with van der Waals surface area (Å²) < 4.78 is 61.5. The first-order chi connectivity index (χ1) is 20.8. The Bertz CT molecular complexity index is 1980. The van der Waals surface area contributed by atoms with Crippen LogP contribution in [0.3, 0.4) is 0 Å². The fourth-order valence-electron chi connectivity index (χ4n) is 6.46. The average Bonchev–Trinajstić information content (AvgIpc) is 3.31. The Morgan fingerprint density at radius 1 is 1.20 bits per heavy atom. The molecule has 2 aliphatic rings. The van der Waals surface area contributed by atoms with Gasteiger partial charge in [0.25, 0.3) is 0 Å². The van der Waals surface area contributed by atoms with Crippen LogP contribution in [0.25, 0.3) is 32.1 Å². The average molecular weight is 643 g/mol. The number of piperazine rings is 1. The highest BCUT2D eigenvalue weighted by atomic mass is 32.2. The van der Waals surface area contributed by atoms with Crippen molar-refractivity contribution in [2.75, 3.05) is 29.5 Å². The lowest BCUT2D eigenvalue weighted by Gasteiger charge is -2.45. The molecule has 8 nitrogen and oxygen atoms in total. The van der Waals surface area contributed by atoms with E-state index < -0.39 is 23.2 Å². The Kier molecular flexibility index (Phi) is 7.16. The van der Waals surface area contributed by atoms with Gasteiger partial charge < -0.3 is 15.5 Å². The molecule has 1 unspecified atom stereocenters. The minimum Gasteiger partial charge on any atom is -0.389 e. The van der Waals surface area contributed by atoms with Gasteiger partial charge in [0.15, 0.2) is 0 Å². The Labute approximate surface area is 257 Å². The van der Waals surface area contributed by atoms with E-state index in [0.717, 1.165) is 23.5 Å². The van der Waals surface area contributed by atoms with Crippen LogP contribution in [0.1, 0.15) is 37.9 Å². The topological polar surface area (TPSA) is 108 Å². The van der Waals surface area contributed by atoms with Gasteiger partial charge >= 0.3 is 11.9 Å². The second kappa shape index (κ2) is 10.5. The van der Waals surface area contributed by atoms with E-state index in [2.05, 4.69) is 11.6 Å². The summed E-state index contributed by atoms with van der Waals surface area (Å²) in [7, 11) is 0. The number of amides is 1. The monoisotopic (exact) mass is 642 g/mol. The first-order valence-corrected chi connectivity index (χ1v) is 15.5. The molecule has 0 saturated carbocycles. The van der Waals surface area contributed by atoms with Crippen LogP contribution in [0.4, 0.5) is 28.4 Å². The minimum absolute atomic E-state index is 0.00108. The van der Waals surface area contributed by atoms with Crippen LogP contribution in [0, 0.1) is 17.1 Å². The number of nitriles is 1. The number of anilines is 2. The summed E-state index contributed by atoms with van der Waals surface area (Å²) in [5.74, 6) is -0.581. The van der Waals surface area contributed by atoms with Gasteiger partial charge in [0.1, 0.15) is 22.7 Å². The number of aromatic nitrogens is 2. The van der Waals surface area contributed by atoms with Gasteiger partial charge in [-0.3, -0.25) is 9.36 Å². The van der Waals surface area contributed by atoms with Crippen LogP contribution in [0.2, 0.25) is 0 Å². The normalized spacial score (nSPS) is 20.3. The lowest BCUT2D eigenvalue weighted by Crippen LogP contribution is -2.58. The number of thiophene rings is 1. The molecular formula is C30H26F4N6O2S2. The van der Waals surface area contributed by atoms with Crippen molar-refractivity contribution in [1.82, 2.24) is 14.5 Å². The zero-order chi connectivity index (χ0) is 31.8. The molecule has 1 saturated heterocycles. The Morgan fingerprint density at radius 2 is 1.89 bits per heavy atom. The molecule has 1 amide bonds. The maximum Gasteiger partial charge on any atom is 0.417 e. The Balaban J connectivity index is 1.70. The number of carbonyl (C=O) groups is 1. The summed E-state index contributed by atoms with van der Waals surface area (Å²) in [6.45, 7) is 9.46. The number of halogens is 4. The van der Waals surface area contributed by atoms with Crippen LogP contribution in [0.15, 0.2) is 40.5 Å². The molecule has 14 heteroatoms. The highest BCUT2D eigenvalue weighted by molar-refractivity contribution is 7.99. The largest absolute Gasteiger partial charge is 0.417 e. The molecular weight excluding hydrogens is 616 g/mol. The number of hydrogen-bond donors (Lipinski definition) is 1. The molecule has 2 aromatic heterocycles. The van der Waals surface area contributed by atoms with E-state index in [4.69, 9.17) is 5.73 Å². The molecule has 0 spiro atoms. The first-order valence-electron chi connectivity index (χ1n) is 13.7. The number of nitrogens with two attached hydrogens (primary N) is 1. The number of hydrogen-bond acceptors (Lipinski definition) is 8. The molecule has 6 rings (SSSR count). The molecule has 44 heavy (non-hydrogen) atoms. The van der Waals surface area contributed by atoms with Crippen LogP contribution in [-0.2, 0) is 11.0 Å². The van der Waals surface area contributed by atoms with E-state index in [1.807, 2.05) is 19.9 Å². The van der Waals surface area contributed by atoms with Gasteiger partial charge in [0.2, 0.25) is 5.91 Å². The number of fused-ring (bicyclic) bond motifs is 1. The zero-order valence-electron chi connectivity index (χ0n) is 23.8. The molecule has 2 aromatic carbocycles. The van der Waals surface area contributed by atoms with Crippen molar-refractivity contribution in [1.29, 1.82) is 5.26 Å². The fourth-order valence-corrected chi connectivity index (χ4v) is 8.68. The predicted octanol–water partition coefficient (Wildman–Crippen LogP) is 6.17. The Morgan fingerprint density at radius 3 is 2.50 bits per heavy atom. The van der Waals surface area contributed by atoms with Crippen LogP contribution in [-0.4, -0.2) is 51.3 Å². The van der Waals surface area contributed by atoms with Crippen molar-refractivity contribution in [3.63, 3.8) is 0 Å². The van der Waals surface area contributed by atoms with E-state index in [1.165, 1.54) is 28.5 Å². The van der Waals surface area contributed by atoms with Gasteiger partial charge in [-0.2, -0.15) is 23.4 Å². The number of rotatable bonds is 3. The molecule has 0 bridgehead atoms. The standard InChI is InChI=1S/C30H26F4N6O2S2/c1-5-21(41)39-13(2)10-38(11-14(39)3)28-17-8-19(30(32,33)34)23(26-24(17)40(29(42)37-28)15(4)12-43-26)16-6-7-20(31)25-22(16)18(9-35)27(36)44-25/h5-8,13-15H,1,10-12,36H2,2-4H3/t13-,14+,15?. The number of thioether (sulfide) groups is 1. The smallest absolute Gasteiger partial charge is 0.389 e. The summed E-state index contributed by atoms with van der Waals surface area (Å²) in [5, 5.41) is 9.99. The van der Waals surface area contributed by atoms with E-state index >= 15 is 13.2 Å². The summed E-state index contributed by atoms with van der Waals surface area (Å²) in [6.07, 6.45) is -3.65. The van der Waals surface area contributed by atoms with Crippen molar-refractivity contribution in [2.45, 2.75) is 50.0 Å². The molecule has 3 atom stereocenters. The fraction of sp³-hybridized carbons (Fsp3) is 0.333. The second-order valence-electron chi connectivity index (χ2n) is 11.1. The maximum atomic E-state index is 15.1. The van der Waals surface area contributed by atoms with E-state index in [9.17, 15) is 19.2 Å². The summed E-state index contributed by atoms with van der Waals surface area (Å²) in [6, 6.07) is 4.17. The van der Waals surface area contributed by atoms with Crippen molar-refractivity contribution < 1.29 is 22.4 Å². The van der Waals surface area contributed by atoms with E-state index in [-0.39, 0.29) is 96.3 Å². The quantitative estimate of drug-likeness (QED) is 0.210. The third-order valence-electron chi connectivity index (χ3n) is 8.21. The van der Waals surface area contributed by atoms with Gasteiger partial charge in [-0.05, 0) is 44.5 Å². The number of nitrogens with zero attached hydrogens (tertiary/aromatic N) is 5. The van der Waals surface area contributed by atoms with Crippen molar-refractivity contribution >= 4 is 60.8 Å². The van der Waals surface area contributed by atoms with Crippen molar-refractivity contribution in [2.24, 2.45) is 0 Å². The molecule has 1 fully saturated rings. The SMILES string of the molecule is C=CC(=O)N1[C@H](C)CN(c2nc(=O)n3c4c(c(-c5ccc(F)c6sc(N)c(C#N)c56)c(C(F)(F)F)cc24)SCC3C)C[C@@H]1C. The number of benzene rings is 2. The number of nitrogen functional groups attached to an aromatic ring is 1. The van der Waals surface area contributed by atoms with Crippen LogP contribution in [0.5, 0.6) is 0 Å². The molecule has 4 aromatic rings. The third kappa shape index (κ3) is 4.44. The molecule has 4 heterocycles. The van der Waals surface area contributed by atoms with Crippen molar-refractivity contribution in [3.05, 3.63) is 58.3 Å². The molecule has 2 N–H and O–H groups in total. The van der Waals surface area contributed by atoms with Gasteiger partial charge in [-0.15, -0.1) is 23.1 Å². The lowest BCUT2D eigenvalue weighted by atomic mass is 9.92. The highest BCUT2D eigenvalue weighted by Gasteiger charge is 2.41. The zero-order valence-corrected chi connectivity index (χ0v) is 25.5. The molecule has 2 aliphatic heterocycles. The predicted molar refractivity (Wildman–Crippen MR) is 165 cm³/mol.